The highest BCUT2D eigenvalue weighted by Gasteiger charge is 2.65. The Bertz CT molecular complexity index is 2040. The minimum atomic E-state index is -1.04. The lowest BCUT2D eigenvalue weighted by Crippen LogP contribution is -2.55. The molecule has 4 aliphatic rings. The van der Waals surface area contributed by atoms with Crippen LogP contribution in [0.3, 0.4) is 0 Å². The fourth-order valence-corrected chi connectivity index (χ4v) is 10.1. The molecule has 3 aromatic heterocycles. The summed E-state index contributed by atoms with van der Waals surface area (Å²) in [7, 11) is 3.30. The van der Waals surface area contributed by atoms with Gasteiger partial charge in [-0.15, -0.1) is 0 Å². The van der Waals surface area contributed by atoms with Crippen LogP contribution in [0, 0.1) is 6.92 Å². The highest BCUT2D eigenvalue weighted by Crippen LogP contribution is 2.55. The van der Waals surface area contributed by atoms with E-state index in [1.54, 1.807) is 40.8 Å². The number of carbonyl (C=O) groups excluding carboxylic acids is 1. The summed E-state index contributed by atoms with van der Waals surface area (Å²) in [4.78, 5) is 36.1. The van der Waals surface area contributed by atoms with Crippen molar-refractivity contribution in [2.24, 2.45) is 0 Å². The van der Waals surface area contributed by atoms with Gasteiger partial charge in [-0.3, -0.25) is 4.79 Å². The highest BCUT2D eigenvalue weighted by molar-refractivity contribution is 8.76. The summed E-state index contributed by atoms with van der Waals surface area (Å²) >= 11 is 0. The molecule has 0 aliphatic carbocycles. The number of epoxide rings is 1. The Morgan fingerprint density at radius 2 is 1.94 bits per heavy atom. The Morgan fingerprint density at radius 1 is 1.08 bits per heavy atom. The number of nitrogens with two attached hydrogens (primary N) is 2. The normalized spacial score (nSPS) is 28.4. The maximum atomic E-state index is 14.1. The topological polar surface area (TPSA) is 176 Å². The van der Waals surface area contributed by atoms with E-state index in [4.69, 9.17) is 30.1 Å². The zero-order valence-electron chi connectivity index (χ0n) is 26.6. The Kier molecular flexibility index (Phi) is 7.57. The number of nitrogens with zero attached hydrogens (tertiary/aromatic N) is 2. The van der Waals surface area contributed by atoms with Crippen molar-refractivity contribution in [3.05, 3.63) is 69.2 Å². The number of carbonyl (C=O) groups is 1. The van der Waals surface area contributed by atoms with Crippen LogP contribution in [0.15, 0.2) is 45.7 Å². The van der Waals surface area contributed by atoms with Crippen LogP contribution in [0.25, 0.3) is 22.2 Å². The second-order valence-corrected chi connectivity index (χ2v) is 15.9. The number of fused-ring (bicyclic) bond motifs is 8. The average Bonchev–Trinajstić information content (AvgIpc) is 3.74. The molecule has 4 bridgehead atoms. The number of esters is 1. The summed E-state index contributed by atoms with van der Waals surface area (Å²) in [6, 6.07) is 8.85. The number of aromatic nitrogens is 2. The van der Waals surface area contributed by atoms with Crippen molar-refractivity contribution < 1.29 is 28.5 Å². The van der Waals surface area contributed by atoms with Crippen molar-refractivity contribution in [1.29, 1.82) is 0 Å². The number of phenolic OH excluding ortho intramolecular Hbond substituents is 1. The molecule has 8 rings (SSSR count). The lowest BCUT2D eigenvalue weighted by Gasteiger charge is -2.47. The largest absolute Gasteiger partial charge is 0.507 e. The smallest absolute Gasteiger partial charge is 0.341 e. The molecule has 13 heteroatoms. The fraction of sp³-hybridized carbons (Fsp3) is 0.429. The number of aryl methyl sites for hydroxylation is 2. The monoisotopic (exact) mass is 688 g/mol. The first-order chi connectivity index (χ1) is 23.1. The SMILES string of the molecule is Cc1cc(=O)c2c(O)c3c(cc2o1)O[C@@]1(C)CCSSCc2c(ccnc2N)-c2cc(cc(N)n2)CC[C@H]2O[C@@]24CCC[C@H]3[C@H]1OC4=O. The first-order valence-corrected chi connectivity index (χ1v) is 18.7. The van der Waals surface area contributed by atoms with E-state index in [0.717, 1.165) is 22.4 Å². The minimum Gasteiger partial charge on any atom is -0.507 e. The molecule has 250 valence electrons. The molecule has 2 fully saturated rings. The van der Waals surface area contributed by atoms with Crippen molar-refractivity contribution >= 4 is 50.2 Å². The molecule has 1 aromatic carbocycles. The molecule has 4 aromatic rings. The van der Waals surface area contributed by atoms with Crippen molar-refractivity contribution in [1.82, 2.24) is 9.97 Å². The second kappa shape index (κ2) is 11.6. The molecule has 4 aliphatic heterocycles. The van der Waals surface area contributed by atoms with Crippen LogP contribution in [-0.4, -0.2) is 50.2 Å². The molecule has 2 saturated heterocycles. The Hall–Kier alpha value is -3.94. The lowest BCUT2D eigenvalue weighted by atomic mass is 9.74. The Morgan fingerprint density at radius 3 is 2.79 bits per heavy atom. The van der Waals surface area contributed by atoms with E-state index < -0.39 is 29.2 Å². The van der Waals surface area contributed by atoms with Gasteiger partial charge in [0.2, 0.25) is 0 Å². The van der Waals surface area contributed by atoms with Gasteiger partial charge in [-0.1, -0.05) is 21.6 Å². The first-order valence-electron chi connectivity index (χ1n) is 16.2. The third kappa shape index (κ3) is 5.17. The summed E-state index contributed by atoms with van der Waals surface area (Å²) < 4.78 is 25.2. The predicted molar refractivity (Wildman–Crippen MR) is 185 cm³/mol. The van der Waals surface area contributed by atoms with Gasteiger partial charge in [-0.05, 0) is 69.7 Å². The molecule has 0 radical (unpaired) electrons. The van der Waals surface area contributed by atoms with Gasteiger partial charge < -0.3 is 35.2 Å². The summed E-state index contributed by atoms with van der Waals surface area (Å²) in [5, 5.41) is 11.7. The van der Waals surface area contributed by atoms with E-state index in [-0.39, 0.29) is 28.3 Å². The van der Waals surface area contributed by atoms with Crippen molar-refractivity contribution in [3.8, 4) is 22.8 Å². The van der Waals surface area contributed by atoms with Crippen molar-refractivity contribution in [3.63, 3.8) is 0 Å². The number of hydrogen-bond donors (Lipinski definition) is 3. The van der Waals surface area contributed by atoms with Crippen LogP contribution in [0.5, 0.6) is 11.5 Å². The minimum absolute atomic E-state index is 0.100. The fourth-order valence-electron chi connectivity index (χ4n) is 7.75. The highest BCUT2D eigenvalue weighted by atomic mass is 33.1. The Labute approximate surface area is 284 Å². The molecule has 0 unspecified atom stereocenters. The van der Waals surface area contributed by atoms with Crippen molar-refractivity contribution in [2.45, 2.75) is 87.5 Å². The number of nitrogen functional groups attached to an aromatic ring is 2. The van der Waals surface area contributed by atoms with E-state index in [2.05, 4.69) is 9.97 Å². The van der Waals surface area contributed by atoms with E-state index in [0.29, 0.717) is 78.7 Å². The molecule has 7 heterocycles. The van der Waals surface area contributed by atoms with Crippen LogP contribution < -0.4 is 21.6 Å². The Balaban J connectivity index is 1.19. The van der Waals surface area contributed by atoms with Gasteiger partial charge in [0.1, 0.15) is 51.6 Å². The number of pyridine rings is 2. The molecule has 0 amide bonds. The first kappa shape index (κ1) is 31.3. The van der Waals surface area contributed by atoms with Gasteiger partial charge in [-0.2, -0.15) is 0 Å². The van der Waals surface area contributed by atoms with Gasteiger partial charge in [0.05, 0.1) is 11.8 Å². The van der Waals surface area contributed by atoms with Crippen LogP contribution in [0.4, 0.5) is 11.6 Å². The zero-order valence-corrected chi connectivity index (χ0v) is 28.2. The number of hydrogen-bond acceptors (Lipinski definition) is 13. The molecule has 48 heavy (non-hydrogen) atoms. The quantitative estimate of drug-likeness (QED) is 0.115. The van der Waals surface area contributed by atoms with Gasteiger partial charge in [0, 0.05) is 58.9 Å². The number of anilines is 2. The van der Waals surface area contributed by atoms with Gasteiger partial charge >= 0.3 is 5.97 Å². The van der Waals surface area contributed by atoms with Gasteiger partial charge in [0.25, 0.3) is 0 Å². The number of rotatable bonds is 0. The number of benzene rings is 1. The maximum Gasteiger partial charge on any atom is 0.341 e. The third-order valence-corrected chi connectivity index (χ3v) is 12.5. The second-order valence-electron chi connectivity index (χ2n) is 13.3. The summed E-state index contributed by atoms with van der Waals surface area (Å²) in [5.41, 5.74) is 14.6. The summed E-state index contributed by atoms with van der Waals surface area (Å²) in [6.07, 6.45) is 4.14. The van der Waals surface area contributed by atoms with Crippen LogP contribution in [-0.2, 0) is 26.4 Å². The number of aromatic hydroxyl groups is 1. The van der Waals surface area contributed by atoms with Crippen LogP contribution >= 0.6 is 21.6 Å². The van der Waals surface area contributed by atoms with Crippen molar-refractivity contribution in [2.75, 3.05) is 17.2 Å². The maximum absolute atomic E-state index is 14.1. The van der Waals surface area contributed by atoms with Crippen LogP contribution in [0.2, 0.25) is 0 Å². The number of phenols is 1. The predicted octanol–water partition coefficient (Wildman–Crippen LogP) is 5.81. The molecule has 0 saturated carbocycles. The van der Waals surface area contributed by atoms with Gasteiger partial charge in [-0.25, -0.2) is 14.8 Å². The molecular weight excluding hydrogens is 653 g/mol. The summed E-state index contributed by atoms with van der Waals surface area (Å²) in [5.74, 6) is 1.97. The number of ether oxygens (including phenoxy) is 3. The molecule has 5 N–H and O–H groups in total. The average molecular weight is 689 g/mol. The van der Waals surface area contributed by atoms with Crippen LogP contribution in [0.1, 0.15) is 67.4 Å². The lowest BCUT2D eigenvalue weighted by molar-refractivity contribution is -0.175. The zero-order chi connectivity index (χ0) is 33.4. The molecule has 11 nitrogen and oxygen atoms in total. The van der Waals surface area contributed by atoms with E-state index >= 15 is 0 Å². The molecule has 1 spiro atoms. The standard InChI is InChI=1S/C35H36N4O7S2/c1-17-12-23(40)29-24(43-17)15-25-28(30(29)41)20-4-3-8-35-26(46-35)6-5-18-13-22(39-27(36)14-18)19-7-10-38-32(37)21(19)16-48-47-11-9-34(2,45-25)31(20)44-33(35)42/h7,10,12-15,20,26,31,41H,3-6,8-9,11,16H2,1-2H3,(H2,36,39)(H2,37,38)/t20-,26-,31-,34+,35+/m1/s1. The summed E-state index contributed by atoms with van der Waals surface area (Å²) in [6.45, 7) is 3.65. The van der Waals surface area contributed by atoms with E-state index in [1.807, 2.05) is 25.1 Å². The van der Waals surface area contributed by atoms with Gasteiger partial charge in [0.15, 0.2) is 11.0 Å². The molecule has 5 atom stereocenters. The van der Waals surface area contributed by atoms with E-state index in [1.165, 1.54) is 6.07 Å². The third-order valence-electron chi connectivity index (χ3n) is 10.2. The van der Waals surface area contributed by atoms with E-state index in [9.17, 15) is 14.7 Å². The molecular formula is C35H36N4O7S2.